The van der Waals surface area contributed by atoms with Gasteiger partial charge in [0.2, 0.25) is 16.0 Å². The normalized spacial score (nSPS) is 22.7. The lowest BCUT2D eigenvalue weighted by Crippen LogP contribution is -2.62. The van der Waals surface area contributed by atoms with E-state index >= 15 is 0 Å². The van der Waals surface area contributed by atoms with Crippen LogP contribution in [0.15, 0.2) is 36.5 Å². The van der Waals surface area contributed by atoms with Gasteiger partial charge < -0.3 is 10.6 Å². The number of hydrogen-bond donors (Lipinski definition) is 3. The van der Waals surface area contributed by atoms with Gasteiger partial charge in [-0.05, 0) is 56.0 Å². The van der Waals surface area contributed by atoms with Crippen LogP contribution >= 0.6 is 11.6 Å². The minimum absolute atomic E-state index is 0.0359. The van der Waals surface area contributed by atoms with Gasteiger partial charge in [-0.1, -0.05) is 11.6 Å². The van der Waals surface area contributed by atoms with Crippen molar-refractivity contribution in [2.24, 2.45) is 5.92 Å². The number of carbonyl (C=O) groups excluding carboxylic acids is 1. The van der Waals surface area contributed by atoms with E-state index in [-0.39, 0.29) is 35.4 Å². The lowest BCUT2D eigenvalue weighted by atomic mass is 9.93. The minimum Gasteiger partial charge on any atom is -0.345 e. The Hall–Kier alpha value is -2.72. The highest BCUT2D eigenvalue weighted by molar-refractivity contribution is 7.89. The van der Waals surface area contributed by atoms with Crippen LogP contribution in [0, 0.1) is 17.1 Å². The molecule has 1 aromatic carbocycles. The first-order chi connectivity index (χ1) is 14.6. The Bertz CT molecular complexity index is 1150. The van der Waals surface area contributed by atoms with E-state index in [1.807, 2.05) is 0 Å². The van der Waals surface area contributed by atoms with Crippen LogP contribution in [0.3, 0.4) is 0 Å². The number of nitrogens with zero attached hydrogens (tertiary/aromatic N) is 2. The van der Waals surface area contributed by atoms with Crippen molar-refractivity contribution in [3.8, 4) is 0 Å². The molecule has 2 fully saturated rings. The molecular weight excluding hydrogens is 445 g/mol. The highest BCUT2D eigenvalue weighted by Gasteiger charge is 2.46. The van der Waals surface area contributed by atoms with Gasteiger partial charge in [0.05, 0.1) is 16.3 Å². The van der Waals surface area contributed by atoms with Crippen LogP contribution in [0.1, 0.15) is 35.8 Å². The van der Waals surface area contributed by atoms with Crippen molar-refractivity contribution in [2.75, 3.05) is 17.6 Å². The molecule has 3 N–H and O–H groups in total. The Morgan fingerprint density at radius 2 is 2.13 bits per heavy atom. The van der Waals surface area contributed by atoms with Crippen molar-refractivity contribution >= 4 is 39.2 Å². The number of pyridine rings is 1. The zero-order valence-electron chi connectivity index (χ0n) is 16.7. The van der Waals surface area contributed by atoms with Crippen LogP contribution in [0.5, 0.6) is 0 Å². The standard InChI is InChI=1S/C20H21ClFN5O3S/c1-20(11-31(29,30)27(19(23)26-20)10-12-2-3-12)15-8-14(5-6-16(15)22)25-18(28)17-7-4-13(21)9-24-17/h4-9,12H,2-3,10-11H2,1H3,(H2,23,26)(H,25,28)/t20-/m0/s1. The Labute approximate surface area is 184 Å². The quantitative estimate of drug-likeness (QED) is 0.628. The van der Waals surface area contributed by atoms with Gasteiger partial charge >= 0.3 is 0 Å². The fourth-order valence-electron chi connectivity index (χ4n) is 3.56. The summed E-state index contributed by atoms with van der Waals surface area (Å²) < 4.78 is 41.5. The van der Waals surface area contributed by atoms with Crippen LogP contribution in [0.2, 0.25) is 5.02 Å². The summed E-state index contributed by atoms with van der Waals surface area (Å²) in [6.07, 6.45) is 3.22. The molecule has 164 valence electrons. The highest BCUT2D eigenvalue weighted by Crippen LogP contribution is 2.35. The van der Waals surface area contributed by atoms with E-state index in [0.717, 1.165) is 23.2 Å². The summed E-state index contributed by atoms with van der Waals surface area (Å²) in [5, 5.41) is 14.1. The maximum atomic E-state index is 14.7. The van der Waals surface area contributed by atoms with E-state index in [0.29, 0.717) is 5.02 Å². The van der Waals surface area contributed by atoms with Crippen molar-refractivity contribution < 1.29 is 17.6 Å². The summed E-state index contributed by atoms with van der Waals surface area (Å²) >= 11 is 5.78. The van der Waals surface area contributed by atoms with Crippen molar-refractivity contribution in [3.05, 3.63) is 58.6 Å². The number of carbonyl (C=O) groups is 1. The van der Waals surface area contributed by atoms with E-state index in [2.05, 4.69) is 15.6 Å². The minimum atomic E-state index is -3.81. The third-order valence-corrected chi connectivity index (χ3v) is 7.52. The third kappa shape index (κ3) is 4.49. The van der Waals surface area contributed by atoms with Crippen molar-refractivity contribution in [1.82, 2.24) is 14.6 Å². The largest absolute Gasteiger partial charge is 0.345 e. The zero-order valence-corrected chi connectivity index (χ0v) is 18.2. The molecule has 0 bridgehead atoms. The topological polar surface area (TPSA) is 115 Å². The average molecular weight is 466 g/mol. The third-order valence-electron chi connectivity index (χ3n) is 5.35. The Balaban J connectivity index is 1.59. The van der Waals surface area contributed by atoms with Crippen molar-refractivity contribution in [1.29, 1.82) is 5.41 Å². The maximum absolute atomic E-state index is 14.7. The molecule has 1 aliphatic heterocycles. The van der Waals surface area contributed by atoms with E-state index in [1.165, 1.54) is 37.4 Å². The molecule has 1 aromatic heterocycles. The first-order valence-corrected chi connectivity index (χ1v) is 11.7. The van der Waals surface area contributed by atoms with Crippen LogP contribution in [-0.2, 0) is 15.6 Å². The van der Waals surface area contributed by atoms with Gasteiger partial charge in [0, 0.05) is 24.0 Å². The SMILES string of the molecule is C[C@@]1(c2cc(NC(=O)c3ccc(Cl)cn3)ccc2F)CS(=O)(=O)N(CC2CC2)C(=N)N1. The molecule has 1 aliphatic carbocycles. The molecule has 11 heteroatoms. The fraction of sp³-hybridized carbons (Fsp3) is 0.350. The van der Waals surface area contributed by atoms with Crippen LogP contribution in [0.4, 0.5) is 10.1 Å². The van der Waals surface area contributed by atoms with E-state index in [1.54, 1.807) is 0 Å². The monoisotopic (exact) mass is 465 g/mol. The Morgan fingerprint density at radius 1 is 1.39 bits per heavy atom. The Kier molecular flexibility index (Phi) is 5.38. The molecule has 1 amide bonds. The highest BCUT2D eigenvalue weighted by atomic mass is 35.5. The summed E-state index contributed by atoms with van der Waals surface area (Å²) in [6.45, 7) is 1.79. The number of sulfonamides is 1. The second kappa shape index (κ2) is 7.76. The summed E-state index contributed by atoms with van der Waals surface area (Å²) in [5.41, 5.74) is -0.948. The van der Waals surface area contributed by atoms with Gasteiger partial charge in [-0.3, -0.25) is 10.2 Å². The molecule has 0 unspecified atom stereocenters. The summed E-state index contributed by atoms with van der Waals surface area (Å²) in [4.78, 5) is 16.4. The van der Waals surface area contributed by atoms with Crippen LogP contribution in [-0.4, -0.2) is 41.9 Å². The lowest BCUT2D eigenvalue weighted by Gasteiger charge is -2.41. The number of hydrogen-bond acceptors (Lipinski definition) is 5. The molecule has 4 rings (SSSR count). The predicted molar refractivity (Wildman–Crippen MR) is 115 cm³/mol. The molecule has 2 aromatic rings. The number of nitrogens with one attached hydrogen (secondary N) is 3. The first kappa shape index (κ1) is 21.5. The fourth-order valence-corrected chi connectivity index (χ4v) is 5.54. The number of amides is 1. The molecule has 2 heterocycles. The van der Waals surface area contributed by atoms with Gasteiger partial charge in [0.15, 0.2) is 0 Å². The molecule has 0 radical (unpaired) electrons. The lowest BCUT2D eigenvalue weighted by molar-refractivity contribution is 0.102. The summed E-state index contributed by atoms with van der Waals surface area (Å²) in [7, 11) is -3.81. The van der Waals surface area contributed by atoms with E-state index in [9.17, 15) is 17.6 Å². The predicted octanol–water partition coefficient (Wildman–Crippen LogP) is 2.92. The van der Waals surface area contributed by atoms with Gasteiger partial charge in [-0.2, -0.15) is 0 Å². The van der Waals surface area contributed by atoms with Gasteiger partial charge in [0.25, 0.3) is 5.91 Å². The molecular formula is C20H21ClFN5O3S. The molecule has 0 spiro atoms. The molecule has 1 saturated carbocycles. The number of guanidine groups is 1. The molecule has 1 atom stereocenters. The van der Waals surface area contributed by atoms with Crippen molar-refractivity contribution in [3.63, 3.8) is 0 Å². The number of aromatic nitrogens is 1. The molecule has 8 nitrogen and oxygen atoms in total. The zero-order chi connectivity index (χ0) is 22.4. The number of halogens is 2. The smallest absolute Gasteiger partial charge is 0.274 e. The number of rotatable bonds is 5. The van der Waals surface area contributed by atoms with Crippen LogP contribution < -0.4 is 10.6 Å². The second-order valence-electron chi connectivity index (χ2n) is 8.05. The Morgan fingerprint density at radius 3 is 2.74 bits per heavy atom. The summed E-state index contributed by atoms with van der Waals surface area (Å²) in [6, 6.07) is 6.87. The average Bonchev–Trinajstić information content (AvgIpc) is 3.50. The first-order valence-electron chi connectivity index (χ1n) is 9.67. The number of anilines is 1. The van der Waals surface area contributed by atoms with Crippen molar-refractivity contribution in [2.45, 2.75) is 25.3 Å². The van der Waals surface area contributed by atoms with Gasteiger partial charge in [0.1, 0.15) is 11.5 Å². The summed E-state index contributed by atoms with van der Waals surface area (Å²) in [5.74, 6) is -1.59. The molecule has 31 heavy (non-hydrogen) atoms. The number of benzene rings is 1. The van der Waals surface area contributed by atoms with Gasteiger partial charge in [-0.15, -0.1) is 0 Å². The van der Waals surface area contributed by atoms with Crippen LogP contribution in [0.25, 0.3) is 0 Å². The molecule has 1 saturated heterocycles. The molecule has 2 aliphatic rings. The van der Waals surface area contributed by atoms with E-state index < -0.39 is 33.0 Å². The second-order valence-corrected chi connectivity index (χ2v) is 10.4. The van der Waals surface area contributed by atoms with E-state index in [4.69, 9.17) is 17.0 Å². The maximum Gasteiger partial charge on any atom is 0.274 e. The van der Waals surface area contributed by atoms with Gasteiger partial charge in [-0.25, -0.2) is 22.1 Å².